The molecule has 0 unspecified atom stereocenters. The van der Waals surface area contributed by atoms with Gasteiger partial charge in [-0.1, -0.05) is 58.3 Å². The Morgan fingerprint density at radius 3 is 2.32 bits per heavy atom. The van der Waals surface area contributed by atoms with Crippen molar-refractivity contribution < 1.29 is 14.6 Å². The van der Waals surface area contributed by atoms with Crippen molar-refractivity contribution in [3.8, 4) is 17.1 Å². The molecule has 2 aromatic heterocycles. The first kappa shape index (κ1) is 25.6. The Kier molecular flexibility index (Phi) is 9.80. The van der Waals surface area contributed by atoms with E-state index in [0.29, 0.717) is 23.7 Å². The van der Waals surface area contributed by atoms with Crippen LogP contribution in [0.5, 0.6) is 5.75 Å². The number of carboxylic acid groups (broad SMARTS) is 1. The van der Waals surface area contributed by atoms with Crippen LogP contribution in [0.3, 0.4) is 0 Å². The summed E-state index contributed by atoms with van der Waals surface area (Å²) in [6.45, 7) is 6.42. The minimum atomic E-state index is -1.02. The first-order valence-corrected chi connectivity index (χ1v) is 12.8. The molecule has 0 aromatic carbocycles. The third-order valence-corrected chi connectivity index (χ3v) is 6.13. The second-order valence-corrected chi connectivity index (χ2v) is 9.00. The Morgan fingerprint density at radius 1 is 1.00 bits per heavy atom. The van der Waals surface area contributed by atoms with E-state index in [4.69, 9.17) is 9.73 Å². The van der Waals surface area contributed by atoms with Gasteiger partial charge in [0.15, 0.2) is 5.75 Å². The fourth-order valence-electron chi connectivity index (χ4n) is 4.36. The van der Waals surface area contributed by atoms with Gasteiger partial charge < -0.3 is 19.8 Å². The Hall–Kier alpha value is -3.02. The second kappa shape index (κ2) is 13.0. The van der Waals surface area contributed by atoms with Crippen LogP contribution in [0, 0.1) is 6.92 Å². The number of hydrogen-bond donors (Lipinski definition) is 3. The minimum Gasteiger partial charge on any atom is -0.491 e. The fraction of sp³-hybridized carbons (Fsp3) is 0.500. The van der Waals surface area contributed by atoms with Crippen LogP contribution in [-0.4, -0.2) is 33.4 Å². The van der Waals surface area contributed by atoms with Gasteiger partial charge in [0.25, 0.3) is 0 Å². The quantitative estimate of drug-likeness (QED) is 0.235. The number of carbonyl (C=O) groups is 1. The fourth-order valence-corrected chi connectivity index (χ4v) is 4.36. The van der Waals surface area contributed by atoms with E-state index in [-0.39, 0.29) is 5.56 Å². The van der Waals surface area contributed by atoms with Crippen LogP contribution in [0.15, 0.2) is 35.0 Å². The number of aromatic amines is 2. The van der Waals surface area contributed by atoms with Gasteiger partial charge in [-0.15, -0.1) is 0 Å². The number of aromatic carboxylic acids is 1. The average molecular weight is 466 g/mol. The van der Waals surface area contributed by atoms with Gasteiger partial charge in [0.1, 0.15) is 5.56 Å². The third kappa shape index (κ3) is 6.99. The SMILES string of the molecule is CCCCCCCCCCCC1=NC(=Cc2[nH]c(-c3ccc(C)[nH]3)c(C(=O)O)c2OCC)C=C1. The summed E-state index contributed by atoms with van der Waals surface area (Å²) in [7, 11) is 0. The maximum atomic E-state index is 12.1. The van der Waals surface area contributed by atoms with E-state index in [9.17, 15) is 9.90 Å². The van der Waals surface area contributed by atoms with Gasteiger partial charge in [-0.25, -0.2) is 4.79 Å². The van der Waals surface area contributed by atoms with E-state index in [1.54, 1.807) is 0 Å². The normalized spacial score (nSPS) is 14.2. The molecule has 0 fully saturated rings. The second-order valence-electron chi connectivity index (χ2n) is 9.00. The summed E-state index contributed by atoms with van der Waals surface area (Å²) in [5, 5.41) is 9.89. The molecule has 0 saturated heterocycles. The summed E-state index contributed by atoms with van der Waals surface area (Å²) in [5.41, 5.74) is 4.83. The lowest BCUT2D eigenvalue weighted by atomic mass is 10.1. The lowest BCUT2D eigenvalue weighted by molar-refractivity contribution is 0.0694. The van der Waals surface area contributed by atoms with Crippen molar-refractivity contribution >= 4 is 17.8 Å². The Bertz CT molecular complexity index is 1040. The van der Waals surface area contributed by atoms with Crippen LogP contribution < -0.4 is 4.74 Å². The van der Waals surface area contributed by atoms with E-state index < -0.39 is 5.97 Å². The lowest BCUT2D eigenvalue weighted by Gasteiger charge is -2.04. The van der Waals surface area contributed by atoms with Crippen molar-refractivity contribution in [1.29, 1.82) is 0 Å². The number of aryl methyl sites for hydroxylation is 1. The van der Waals surface area contributed by atoms with Crippen LogP contribution >= 0.6 is 0 Å². The molecular formula is C28H39N3O3. The number of nitrogens with one attached hydrogen (secondary N) is 2. The van der Waals surface area contributed by atoms with Crippen LogP contribution in [0.4, 0.5) is 0 Å². The molecular weight excluding hydrogens is 426 g/mol. The molecule has 2 aromatic rings. The molecule has 6 nitrogen and oxygen atoms in total. The predicted octanol–water partition coefficient (Wildman–Crippen LogP) is 7.69. The van der Waals surface area contributed by atoms with Gasteiger partial charge >= 0.3 is 5.97 Å². The molecule has 0 saturated carbocycles. The molecule has 3 rings (SSSR count). The monoisotopic (exact) mass is 465 g/mol. The van der Waals surface area contributed by atoms with E-state index in [1.807, 2.05) is 38.1 Å². The van der Waals surface area contributed by atoms with Crippen molar-refractivity contribution in [1.82, 2.24) is 9.97 Å². The molecule has 0 amide bonds. The number of H-pyrrole nitrogens is 2. The minimum absolute atomic E-state index is 0.136. The number of nitrogens with zero attached hydrogens (tertiary/aromatic N) is 1. The molecule has 0 radical (unpaired) electrons. The highest BCUT2D eigenvalue weighted by Gasteiger charge is 2.25. The zero-order chi connectivity index (χ0) is 24.3. The van der Waals surface area contributed by atoms with Gasteiger partial charge in [-0.3, -0.25) is 4.99 Å². The lowest BCUT2D eigenvalue weighted by Crippen LogP contribution is -2.02. The molecule has 3 heterocycles. The standard InChI is InChI=1S/C28H39N3O3/c1-4-6-7-8-9-10-11-12-13-14-21-16-17-22(30-21)19-24-27(34-5-2)25(28(32)33)26(31-24)23-18-15-20(3)29-23/h15-19,29,31H,4-14H2,1-3H3,(H,32,33). The van der Waals surface area contributed by atoms with Crippen molar-refractivity contribution in [3.05, 3.63) is 46.9 Å². The molecule has 6 heteroatoms. The first-order chi connectivity index (χ1) is 16.5. The van der Waals surface area contributed by atoms with Crippen LogP contribution in [-0.2, 0) is 0 Å². The number of allylic oxidation sites excluding steroid dienone is 2. The summed E-state index contributed by atoms with van der Waals surface area (Å²) < 4.78 is 5.77. The predicted molar refractivity (Wildman–Crippen MR) is 140 cm³/mol. The molecule has 1 aliphatic heterocycles. The van der Waals surface area contributed by atoms with Crippen LogP contribution in [0.25, 0.3) is 17.5 Å². The average Bonchev–Trinajstić information content (AvgIpc) is 3.52. The zero-order valence-corrected chi connectivity index (χ0v) is 20.9. The molecule has 184 valence electrons. The van der Waals surface area contributed by atoms with Crippen LogP contribution in [0.1, 0.15) is 99.8 Å². The molecule has 0 atom stereocenters. The molecule has 0 spiro atoms. The van der Waals surface area contributed by atoms with Crippen molar-refractivity contribution in [3.63, 3.8) is 0 Å². The smallest absolute Gasteiger partial charge is 0.341 e. The maximum absolute atomic E-state index is 12.1. The van der Waals surface area contributed by atoms with E-state index >= 15 is 0 Å². The van der Waals surface area contributed by atoms with Crippen molar-refractivity contribution in [2.45, 2.75) is 85.0 Å². The van der Waals surface area contributed by atoms with Crippen molar-refractivity contribution in [2.75, 3.05) is 6.61 Å². The maximum Gasteiger partial charge on any atom is 0.341 e. The van der Waals surface area contributed by atoms with Gasteiger partial charge in [-0.2, -0.15) is 0 Å². The Balaban J connectivity index is 1.64. The Morgan fingerprint density at radius 2 is 1.71 bits per heavy atom. The summed E-state index contributed by atoms with van der Waals surface area (Å²) in [6, 6.07) is 3.79. The summed E-state index contributed by atoms with van der Waals surface area (Å²) in [6.07, 6.45) is 18.7. The number of aromatic nitrogens is 2. The Labute approximate surface area is 203 Å². The first-order valence-electron chi connectivity index (χ1n) is 12.8. The van der Waals surface area contributed by atoms with Gasteiger partial charge in [0.05, 0.1) is 29.4 Å². The zero-order valence-electron chi connectivity index (χ0n) is 20.9. The summed E-state index contributed by atoms with van der Waals surface area (Å²) in [4.78, 5) is 23.3. The number of ether oxygens (including phenoxy) is 1. The van der Waals surface area contributed by atoms with Crippen molar-refractivity contribution in [2.24, 2.45) is 4.99 Å². The number of unbranched alkanes of at least 4 members (excludes halogenated alkanes) is 8. The van der Waals surface area contributed by atoms with E-state index in [0.717, 1.165) is 35.6 Å². The molecule has 0 aliphatic carbocycles. The largest absolute Gasteiger partial charge is 0.491 e. The highest BCUT2D eigenvalue weighted by molar-refractivity contribution is 6.01. The molecule has 0 bridgehead atoms. The highest BCUT2D eigenvalue weighted by Crippen LogP contribution is 2.35. The van der Waals surface area contributed by atoms with Gasteiger partial charge in [-0.05, 0) is 57.0 Å². The van der Waals surface area contributed by atoms with Gasteiger partial charge in [0.2, 0.25) is 0 Å². The summed E-state index contributed by atoms with van der Waals surface area (Å²) in [5.74, 6) is -0.677. The molecule has 3 N–H and O–H groups in total. The number of carboxylic acids is 1. The van der Waals surface area contributed by atoms with E-state index in [2.05, 4.69) is 23.0 Å². The molecule has 34 heavy (non-hydrogen) atoms. The number of rotatable bonds is 15. The van der Waals surface area contributed by atoms with Gasteiger partial charge in [0, 0.05) is 11.4 Å². The van der Waals surface area contributed by atoms with Crippen LogP contribution in [0.2, 0.25) is 0 Å². The highest BCUT2D eigenvalue weighted by atomic mass is 16.5. The molecule has 1 aliphatic rings. The topological polar surface area (TPSA) is 90.5 Å². The third-order valence-electron chi connectivity index (χ3n) is 6.13. The summed E-state index contributed by atoms with van der Waals surface area (Å²) >= 11 is 0. The number of hydrogen-bond acceptors (Lipinski definition) is 3. The van der Waals surface area contributed by atoms with E-state index in [1.165, 1.54) is 51.4 Å². The number of aliphatic imine (C=N–C) groups is 1.